The minimum absolute atomic E-state index is 0.607. The van der Waals surface area contributed by atoms with Crippen LogP contribution < -0.4 is 5.73 Å². The first-order valence-corrected chi connectivity index (χ1v) is 5.79. The van der Waals surface area contributed by atoms with Gasteiger partial charge in [0.15, 0.2) is 0 Å². The Hall–Kier alpha value is -0.860. The Labute approximate surface area is 92.1 Å². The lowest BCUT2D eigenvalue weighted by molar-refractivity contribution is 0.222. The minimum Gasteiger partial charge on any atom is -0.330 e. The molecule has 0 fully saturated rings. The predicted octanol–water partition coefficient (Wildman–Crippen LogP) is 1.64. The fraction of sp³-hybridized carbons (Fsp3) is 0.538. The van der Waals surface area contributed by atoms with Gasteiger partial charge in [0.2, 0.25) is 0 Å². The molecule has 1 aliphatic heterocycles. The largest absolute Gasteiger partial charge is 0.330 e. The predicted molar refractivity (Wildman–Crippen MR) is 63.6 cm³/mol. The summed E-state index contributed by atoms with van der Waals surface area (Å²) in [6.45, 7) is 6.42. The third-order valence-electron chi connectivity index (χ3n) is 3.18. The number of rotatable bonds is 3. The maximum atomic E-state index is 5.66. The highest BCUT2D eigenvalue weighted by Crippen LogP contribution is 2.18. The van der Waals surface area contributed by atoms with E-state index >= 15 is 0 Å². The second-order valence-electron chi connectivity index (χ2n) is 4.59. The van der Waals surface area contributed by atoms with E-state index in [2.05, 4.69) is 36.1 Å². The molecule has 0 aliphatic carbocycles. The average molecular weight is 204 g/mol. The van der Waals surface area contributed by atoms with Crippen LogP contribution in [0.4, 0.5) is 0 Å². The van der Waals surface area contributed by atoms with Crippen molar-refractivity contribution in [1.29, 1.82) is 0 Å². The van der Waals surface area contributed by atoms with Crippen LogP contribution in [0.15, 0.2) is 24.3 Å². The van der Waals surface area contributed by atoms with Crippen molar-refractivity contribution in [2.24, 2.45) is 11.7 Å². The van der Waals surface area contributed by atoms with Gasteiger partial charge >= 0.3 is 0 Å². The Balaban J connectivity index is 1.99. The highest BCUT2D eigenvalue weighted by Gasteiger charge is 2.16. The summed E-state index contributed by atoms with van der Waals surface area (Å²) in [6, 6.07) is 8.76. The summed E-state index contributed by atoms with van der Waals surface area (Å²) < 4.78 is 0. The molecule has 0 bridgehead atoms. The Bertz CT molecular complexity index is 322. The summed E-state index contributed by atoms with van der Waals surface area (Å²) >= 11 is 0. The van der Waals surface area contributed by atoms with E-state index in [4.69, 9.17) is 5.73 Å². The van der Waals surface area contributed by atoms with Gasteiger partial charge in [0.05, 0.1) is 0 Å². The number of fused-ring (bicyclic) bond motifs is 1. The molecule has 0 saturated heterocycles. The van der Waals surface area contributed by atoms with E-state index in [0.29, 0.717) is 5.92 Å². The van der Waals surface area contributed by atoms with Crippen molar-refractivity contribution in [2.45, 2.75) is 19.9 Å². The zero-order valence-electron chi connectivity index (χ0n) is 9.45. The zero-order chi connectivity index (χ0) is 10.7. The van der Waals surface area contributed by atoms with Gasteiger partial charge in [-0.25, -0.2) is 0 Å². The van der Waals surface area contributed by atoms with Crippen molar-refractivity contribution < 1.29 is 0 Å². The van der Waals surface area contributed by atoms with Crippen LogP contribution >= 0.6 is 0 Å². The van der Waals surface area contributed by atoms with Crippen LogP contribution in [0.2, 0.25) is 0 Å². The van der Waals surface area contributed by atoms with E-state index < -0.39 is 0 Å². The Morgan fingerprint density at radius 3 is 2.80 bits per heavy atom. The van der Waals surface area contributed by atoms with Crippen molar-refractivity contribution in [2.75, 3.05) is 19.6 Å². The topological polar surface area (TPSA) is 29.3 Å². The Morgan fingerprint density at radius 2 is 2.07 bits per heavy atom. The van der Waals surface area contributed by atoms with Crippen molar-refractivity contribution in [1.82, 2.24) is 4.90 Å². The number of benzene rings is 1. The minimum atomic E-state index is 0.607. The lowest BCUT2D eigenvalue weighted by Gasteiger charge is -2.30. The molecule has 1 aromatic rings. The molecule has 1 heterocycles. The third-order valence-corrected chi connectivity index (χ3v) is 3.18. The standard InChI is InChI=1S/C13H20N2/c1-11(8-14)9-15-7-6-12-4-2-3-5-13(12)10-15/h2-5,11H,6-10,14H2,1H3. The fourth-order valence-corrected chi connectivity index (χ4v) is 2.23. The van der Waals surface area contributed by atoms with E-state index in [1.165, 1.54) is 24.1 Å². The molecule has 0 aromatic heterocycles. The molecule has 2 N–H and O–H groups in total. The first-order valence-electron chi connectivity index (χ1n) is 5.79. The molecule has 1 aromatic carbocycles. The molecule has 2 rings (SSSR count). The SMILES string of the molecule is CC(CN)CN1CCc2ccccc2C1. The van der Waals surface area contributed by atoms with E-state index in [1.54, 1.807) is 0 Å². The quantitative estimate of drug-likeness (QED) is 0.811. The number of nitrogens with two attached hydrogens (primary N) is 1. The van der Waals surface area contributed by atoms with E-state index in [0.717, 1.165) is 19.6 Å². The fourth-order valence-electron chi connectivity index (χ4n) is 2.23. The molecule has 0 saturated carbocycles. The summed E-state index contributed by atoms with van der Waals surface area (Å²) in [5.74, 6) is 0.607. The molecule has 15 heavy (non-hydrogen) atoms. The maximum Gasteiger partial charge on any atom is 0.0236 e. The van der Waals surface area contributed by atoms with Gasteiger partial charge in [-0.2, -0.15) is 0 Å². The molecular weight excluding hydrogens is 184 g/mol. The monoisotopic (exact) mass is 204 g/mol. The van der Waals surface area contributed by atoms with E-state index in [1.807, 2.05) is 0 Å². The normalized spacial score (nSPS) is 18.5. The van der Waals surface area contributed by atoms with Crippen LogP contribution in [0.25, 0.3) is 0 Å². The van der Waals surface area contributed by atoms with E-state index in [-0.39, 0.29) is 0 Å². The lowest BCUT2D eigenvalue weighted by Crippen LogP contribution is -2.35. The molecule has 2 nitrogen and oxygen atoms in total. The smallest absolute Gasteiger partial charge is 0.0236 e. The average Bonchev–Trinajstić information content (AvgIpc) is 2.29. The molecule has 2 heteroatoms. The Kier molecular flexibility index (Phi) is 3.39. The van der Waals surface area contributed by atoms with Crippen LogP contribution in [-0.2, 0) is 13.0 Å². The summed E-state index contributed by atoms with van der Waals surface area (Å²) in [7, 11) is 0. The van der Waals surface area contributed by atoms with Gasteiger partial charge in [0, 0.05) is 19.6 Å². The van der Waals surface area contributed by atoms with Gasteiger partial charge in [-0.3, -0.25) is 4.90 Å². The molecule has 1 unspecified atom stereocenters. The summed E-state index contributed by atoms with van der Waals surface area (Å²) in [4.78, 5) is 2.51. The van der Waals surface area contributed by atoms with Crippen LogP contribution in [0.1, 0.15) is 18.1 Å². The van der Waals surface area contributed by atoms with Gasteiger partial charge in [-0.05, 0) is 30.0 Å². The molecule has 0 amide bonds. The van der Waals surface area contributed by atoms with Crippen molar-refractivity contribution >= 4 is 0 Å². The molecule has 1 aliphatic rings. The summed E-state index contributed by atoms with van der Waals surface area (Å²) in [5, 5.41) is 0. The van der Waals surface area contributed by atoms with Gasteiger partial charge in [0.25, 0.3) is 0 Å². The van der Waals surface area contributed by atoms with Crippen molar-refractivity contribution in [3.63, 3.8) is 0 Å². The molecular formula is C13H20N2. The van der Waals surface area contributed by atoms with Gasteiger partial charge in [-0.15, -0.1) is 0 Å². The first kappa shape index (κ1) is 10.7. The Morgan fingerprint density at radius 1 is 1.33 bits per heavy atom. The van der Waals surface area contributed by atoms with Crippen LogP contribution in [0.5, 0.6) is 0 Å². The van der Waals surface area contributed by atoms with Gasteiger partial charge < -0.3 is 5.73 Å². The summed E-state index contributed by atoms with van der Waals surface area (Å²) in [5.41, 5.74) is 8.67. The number of nitrogens with zero attached hydrogens (tertiary/aromatic N) is 1. The highest BCUT2D eigenvalue weighted by molar-refractivity contribution is 5.28. The third kappa shape index (κ3) is 2.58. The molecule has 0 spiro atoms. The van der Waals surface area contributed by atoms with Gasteiger partial charge in [-0.1, -0.05) is 31.2 Å². The lowest BCUT2D eigenvalue weighted by atomic mass is 9.99. The second-order valence-corrected chi connectivity index (χ2v) is 4.59. The van der Waals surface area contributed by atoms with Crippen molar-refractivity contribution in [3.8, 4) is 0 Å². The number of hydrogen-bond acceptors (Lipinski definition) is 2. The van der Waals surface area contributed by atoms with Crippen molar-refractivity contribution in [3.05, 3.63) is 35.4 Å². The van der Waals surface area contributed by atoms with Gasteiger partial charge in [0.1, 0.15) is 0 Å². The first-order chi connectivity index (χ1) is 7.29. The van der Waals surface area contributed by atoms with Crippen LogP contribution in [0.3, 0.4) is 0 Å². The van der Waals surface area contributed by atoms with Crippen LogP contribution in [-0.4, -0.2) is 24.5 Å². The zero-order valence-corrected chi connectivity index (χ0v) is 9.45. The number of hydrogen-bond donors (Lipinski definition) is 1. The molecule has 1 atom stereocenters. The summed E-state index contributed by atoms with van der Waals surface area (Å²) in [6.07, 6.45) is 1.19. The molecule has 0 radical (unpaired) electrons. The highest BCUT2D eigenvalue weighted by atomic mass is 15.1. The maximum absolute atomic E-state index is 5.66. The van der Waals surface area contributed by atoms with Crippen LogP contribution in [0, 0.1) is 5.92 Å². The second kappa shape index (κ2) is 4.77. The van der Waals surface area contributed by atoms with E-state index in [9.17, 15) is 0 Å². The molecule has 82 valence electrons.